The van der Waals surface area contributed by atoms with Gasteiger partial charge in [-0.2, -0.15) is 0 Å². The van der Waals surface area contributed by atoms with E-state index in [2.05, 4.69) is 5.32 Å². The van der Waals surface area contributed by atoms with Gasteiger partial charge in [0.2, 0.25) is 5.91 Å². The van der Waals surface area contributed by atoms with Gasteiger partial charge < -0.3 is 14.8 Å². The minimum absolute atomic E-state index is 0.0212. The van der Waals surface area contributed by atoms with Crippen molar-refractivity contribution >= 4 is 63.2 Å². The minimum atomic E-state index is -1.16. The van der Waals surface area contributed by atoms with Crippen molar-refractivity contribution < 1.29 is 23.9 Å². The second kappa shape index (κ2) is 9.07. The molecule has 7 nitrogen and oxygen atoms in total. The summed E-state index contributed by atoms with van der Waals surface area (Å²) in [6.07, 6.45) is 0.160. The number of β-lactam (4-membered cyclic amide) rings is 1. The van der Waals surface area contributed by atoms with Crippen molar-refractivity contribution in [2.45, 2.75) is 22.7 Å². The van der Waals surface area contributed by atoms with E-state index >= 15 is 0 Å². The van der Waals surface area contributed by atoms with Crippen molar-refractivity contribution in [1.29, 1.82) is 0 Å². The van der Waals surface area contributed by atoms with E-state index in [0.717, 1.165) is 32.4 Å². The highest BCUT2D eigenvalue weighted by Crippen LogP contribution is 2.47. The topological polar surface area (TPSA) is 99.9 Å². The predicted molar refractivity (Wildman–Crippen MR) is 139 cm³/mol. The van der Waals surface area contributed by atoms with E-state index in [-0.39, 0.29) is 18.0 Å². The number of hydrogen-bond acceptors (Lipinski definition) is 6. The zero-order valence-electron chi connectivity index (χ0n) is 18.8. The van der Waals surface area contributed by atoms with E-state index in [4.69, 9.17) is 4.42 Å². The average molecular weight is 517 g/mol. The third kappa shape index (κ3) is 3.84. The lowest BCUT2D eigenvalue weighted by atomic mass is 10.0. The van der Waals surface area contributed by atoms with Crippen molar-refractivity contribution in [3.05, 3.63) is 89.0 Å². The number of carbonyl (C=O) groups is 3. The SMILES string of the molecule is O=C(Cc1ccccc1)N[C@@H]1C(=O)N2C(C(=O)O)=C(Sc3cccc4oc5ccccc5c34)CS[C@@H]12. The maximum absolute atomic E-state index is 13.0. The Hall–Kier alpha value is -3.69. The first-order valence-electron chi connectivity index (χ1n) is 11.3. The molecule has 0 radical (unpaired) electrons. The smallest absolute Gasteiger partial charge is 0.353 e. The highest BCUT2D eigenvalue weighted by molar-refractivity contribution is 8.06. The fraction of sp³-hybridized carbons (Fsp3) is 0.148. The number of amides is 2. The van der Waals surface area contributed by atoms with Gasteiger partial charge >= 0.3 is 5.97 Å². The third-order valence-electron chi connectivity index (χ3n) is 6.26. The number of aliphatic carboxylic acids is 1. The number of fused-ring (bicyclic) bond motifs is 4. The van der Waals surface area contributed by atoms with Crippen molar-refractivity contribution in [3.63, 3.8) is 0 Å². The molecule has 2 N–H and O–H groups in total. The van der Waals surface area contributed by atoms with Crippen LogP contribution in [0.3, 0.4) is 0 Å². The Kier molecular flexibility index (Phi) is 5.73. The fourth-order valence-electron chi connectivity index (χ4n) is 4.63. The lowest BCUT2D eigenvalue weighted by Gasteiger charge is -2.49. The van der Waals surface area contributed by atoms with Gasteiger partial charge in [0.15, 0.2) is 0 Å². The number of hydrogen-bond donors (Lipinski definition) is 2. The number of carboxylic acids is 1. The summed E-state index contributed by atoms with van der Waals surface area (Å²) in [5.74, 6) is -1.41. The Morgan fingerprint density at radius 2 is 1.78 bits per heavy atom. The Balaban J connectivity index is 1.27. The van der Waals surface area contributed by atoms with Gasteiger partial charge in [0, 0.05) is 26.3 Å². The summed E-state index contributed by atoms with van der Waals surface area (Å²) in [7, 11) is 0. The van der Waals surface area contributed by atoms with Crippen LogP contribution < -0.4 is 5.32 Å². The van der Waals surface area contributed by atoms with Crippen LogP contribution in [0.4, 0.5) is 0 Å². The largest absolute Gasteiger partial charge is 0.477 e. The van der Waals surface area contributed by atoms with E-state index in [0.29, 0.717) is 10.7 Å². The quantitative estimate of drug-likeness (QED) is 0.361. The van der Waals surface area contributed by atoms with Gasteiger partial charge in [-0.15, -0.1) is 11.8 Å². The van der Waals surface area contributed by atoms with Gasteiger partial charge in [0.1, 0.15) is 28.3 Å². The Labute approximate surface area is 214 Å². The summed E-state index contributed by atoms with van der Waals surface area (Å²) in [5, 5.41) is 14.3. The normalized spacial score (nSPS) is 19.3. The number of nitrogens with one attached hydrogen (secondary N) is 1. The van der Waals surface area contributed by atoms with Gasteiger partial charge in [-0.3, -0.25) is 14.5 Å². The number of thioether (sulfide) groups is 2. The molecule has 1 aromatic heterocycles. The number of rotatable bonds is 6. The maximum atomic E-state index is 13.0. The Morgan fingerprint density at radius 3 is 2.58 bits per heavy atom. The first kappa shape index (κ1) is 22.8. The molecule has 6 rings (SSSR count). The van der Waals surface area contributed by atoms with Crippen LogP contribution >= 0.6 is 23.5 Å². The average Bonchev–Trinajstić information content (AvgIpc) is 3.27. The van der Waals surface area contributed by atoms with E-state index in [1.165, 1.54) is 28.4 Å². The van der Waals surface area contributed by atoms with Crippen molar-refractivity contribution in [3.8, 4) is 0 Å². The van der Waals surface area contributed by atoms with Crippen LogP contribution in [0.15, 0.2) is 92.7 Å². The summed E-state index contributed by atoms with van der Waals surface area (Å²) in [6.45, 7) is 0. The van der Waals surface area contributed by atoms with E-state index in [9.17, 15) is 19.5 Å². The molecule has 0 unspecified atom stereocenters. The van der Waals surface area contributed by atoms with E-state index in [1.807, 2.05) is 72.8 Å². The monoisotopic (exact) mass is 516 g/mol. The summed E-state index contributed by atoms with van der Waals surface area (Å²) >= 11 is 2.80. The first-order chi connectivity index (χ1) is 17.5. The predicted octanol–water partition coefficient (Wildman–Crippen LogP) is 4.62. The molecule has 1 fully saturated rings. The molecule has 36 heavy (non-hydrogen) atoms. The molecule has 3 heterocycles. The van der Waals surface area contributed by atoms with Crippen molar-refractivity contribution in [2.24, 2.45) is 0 Å². The summed E-state index contributed by atoms with van der Waals surface area (Å²) < 4.78 is 5.96. The first-order valence-corrected chi connectivity index (χ1v) is 13.2. The molecular formula is C27H20N2O5S2. The lowest BCUT2D eigenvalue weighted by Crippen LogP contribution is -2.70. The lowest BCUT2D eigenvalue weighted by molar-refractivity contribution is -0.150. The second-order valence-electron chi connectivity index (χ2n) is 8.52. The number of carbonyl (C=O) groups excluding carboxylic acids is 2. The number of carboxylic acid groups (broad SMARTS) is 1. The molecule has 2 atom stereocenters. The molecule has 0 bridgehead atoms. The van der Waals surface area contributed by atoms with Gasteiger partial charge in [-0.1, -0.05) is 66.4 Å². The second-order valence-corrected chi connectivity index (χ2v) is 10.8. The Morgan fingerprint density at radius 1 is 1.03 bits per heavy atom. The van der Waals surface area contributed by atoms with Crippen LogP contribution in [0.25, 0.3) is 21.9 Å². The van der Waals surface area contributed by atoms with E-state index < -0.39 is 23.3 Å². The van der Waals surface area contributed by atoms with Gasteiger partial charge in [0.25, 0.3) is 5.91 Å². The third-order valence-corrected chi connectivity index (χ3v) is 8.86. The molecule has 2 amide bonds. The Bertz CT molecular complexity index is 1560. The number of para-hydroxylation sites is 1. The highest BCUT2D eigenvalue weighted by atomic mass is 32.2. The number of benzene rings is 3. The van der Waals surface area contributed by atoms with Crippen molar-refractivity contribution in [2.75, 3.05) is 5.75 Å². The van der Waals surface area contributed by atoms with E-state index in [1.54, 1.807) is 0 Å². The minimum Gasteiger partial charge on any atom is -0.477 e. The zero-order valence-corrected chi connectivity index (χ0v) is 20.5. The van der Waals surface area contributed by atoms with Crippen LogP contribution in [0.1, 0.15) is 5.56 Å². The molecule has 180 valence electrons. The number of furan rings is 1. The molecule has 1 saturated heterocycles. The standard InChI is InChI=1S/C27H20N2O5S2/c30-21(13-15-7-2-1-3-8-15)28-23-25(31)29-24(27(32)33)20(14-35-26(23)29)36-19-12-6-11-18-22(19)16-9-4-5-10-17(16)34-18/h1-12,23,26H,13-14H2,(H,28,30)(H,32,33)/t23-,26+/m1/s1. The molecule has 2 aliphatic rings. The molecule has 0 aliphatic carbocycles. The summed E-state index contributed by atoms with van der Waals surface area (Å²) in [4.78, 5) is 40.6. The fourth-order valence-corrected chi connectivity index (χ4v) is 7.28. The van der Waals surface area contributed by atoms with Gasteiger partial charge in [-0.25, -0.2) is 4.79 Å². The maximum Gasteiger partial charge on any atom is 0.353 e. The van der Waals surface area contributed by atoms with Gasteiger partial charge in [-0.05, 0) is 23.8 Å². The van der Waals surface area contributed by atoms with Crippen LogP contribution in [0.5, 0.6) is 0 Å². The van der Waals surface area contributed by atoms with Gasteiger partial charge in [0.05, 0.1) is 6.42 Å². The summed E-state index contributed by atoms with van der Waals surface area (Å²) in [6, 6.07) is 22.0. The van der Waals surface area contributed by atoms with Crippen LogP contribution in [0, 0.1) is 0 Å². The molecule has 9 heteroatoms. The molecule has 2 aliphatic heterocycles. The molecule has 4 aromatic rings. The highest BCUT2D eigenvalue weighted by Gasteiger charge is 2.54. The van der Waals surface area contributed by atoms with Crippen LogP contribution in [-0.4, -0.2) is 45.0 Å². The molecular weight excluding hydrogens is 496 g/mol. The zero-order chi connectivity index (χ0) is 24.8. The van der Waals surface area contributed by atoms with Crippen molar-refractivity contribution in [1.82, 2.24) is 10.2 Å². The summed E-state index contributed by atoms with van der Waals surface area (Å²) in [5.41, 5.74) is 2.31. The van der Waals surface area contributed by atoms with Crippen LogP contribution in [-0.2, 0) is 20.8 Å². The number of nitrogens with zero attached hydrogens (tertiary/aromatic N) is 1. The van der Waals surface area contributed by atoms with Crippen LogP contribution in [0.2, 0.25) is 0 Å². The molecule has 3 aromatic carbocycles. The molecule has 0 saturated carbocycles. The molecule has 0 spiro atoms.